The van der Waals surface area contributed by atoms with Gasteiger partial charge in [0.05, 0.1) is 6.42 Å². The molecule has 0 saturated carbocycles. The standard InChI is InChI=1S/C22H23FO3/c1-22(2,3)26-18-7-4-14(5-8-18)10-15-11-16(12-21(24)25)20-13-17(23)6-9-19(15)20/h4-10,13,16H,11-12H2,1-3H3,(H,24,25)/b15-10+. The molecule has 1 aliphatic carbocycles. The molecule has 0 saturated heterocycles. The molecule has 0 aromatic heterocycles. The highest BCUT2D eigenvalue weighted by Gasteiger charge is 2.28. The van der Waals surface area contributed by atoms with Gasteiger partial charge in [-0.3, -0.25) is 4.79 Å². The number of carboxylic acids is 1. The van der Waals surface area contributed by atoms with E-state index in [0.29, 0.717) is 6.42 Å². The Bertz CT molecular complexity index is 845. The molecule has 0 heterocycles. The lowest BCUT2D eigenvalue weighted by Gasteiger charge is -2.21. The zero-order valence-electron chi connectivity index (χ0n) is 15.3. The van der Waals surface area contributed by atoms with Gasteiger partial charge in [-0.2, -0.15) is 0 Å². The predicted molar refractivity (Wildman–Crippen MR) is 101 cm³/mol. The Labute approximate surface area is 153 Å². The smallest absolute Gasteiger partial charge is 0.303 e. The van der Waals surface area contributed by atoms with Crippen molar-refractivity contribution in [3.63, 3.8) is 0 Å². The molecule has 0 spiro atoms. The van der Waals surface area contributed by atoms with Crippen LogP contribution in [0.4, 0.5) is 4.39 Å². The summed E-state index contributed by atoms with van der Waals surface area (Å²) in [5.41, 5.74) is 3.51. The topological polar surface area (TPSA) is 46.5 Å². The Kier molecular flexibility index (Phi) is 4.86. The molecule has 26 heavy (non-hydrogen) atoms. The van der Waals surface area contributed by atoms with E-state index in [1.165, 1.54) is 12.1 Å². The van der Waals surface area contributed by atoms with Crippen LogP contribution in [-0.2, 0) is 4.79 Å². The maximum Gasteiger partial charge on any atom is 0.303 e. The maximum atomic E-state index is 13.6. The SMILES string of the molecule is CC(C)(C)Oc1ccc(/C=C2\CC(CC(=O)O)c3cc(F)ccc32)cc1. The minimum absolute atomic E-state index is 0.00610. The molecule has 0 bridgehead atoms. The molecule has 2 aromatic carbocycles. The Morgan fingerprint density at radius 1 is 1.23 bits per heavy atom. The van der Waals surface area contributed by atoms with Crippen molar-refractivity contribution in [3.05, 3.63) is 65.0 Å². The zero-order valence-corrected chi connectivity index (χ0v) is 15.3. The van der Waals surface area contributed by atoms with E-state index in [2.05, 4.69) is 0 Å². The van der Waals surface area contributed by atoms with Crippen LogP contribution in [0.2, 0.25) is 0 Å². The minimum Gasteiger partial charge on any atom is -0.488 e. The molecule has 136 valence electrons. The van der Waals surface area contributed by atoms with Crippen molar-refractivity contribution in [1.82, 2.24) is 0 Å². The van der Waals surface area contributed by atoms with E-state index in [1.54, 1.807) is 6.07 Å². The number of benzene rings is 2. The number of rotatable bonds is 4. The largest absolute Gasteiger partial charge is 0.488 e. The summed E-state index contributed by atoms with van der Waals surface area (Å²) in [6.07, 6.45) is 2.65. The molecule has 0 radical (unpaired) electrons. The van der Waals surface area contributed by atoms with E-state index in [-0.39, 0.29) is 23.8 Å². The van der Waals surface area contributed by atoms with Crippen LogP contribution in [0.5, 0.6) is 5.75 Å². The van der Waals surface area contributed by atoms with Crippen molar-refractivity contribution in [1.29, 1.82) is 0 Å². The lowest BCUT2D eigenvalue weighted by molar-refractivity contribution is -0.137. The molecule has 0 fully saturated rings. The molecule has 0 amide bonds. The molecule has 1 atom stereocenters. The van der Waals surface area contributed by atoms with Gasteiger partial charge >= 0.3 is 5.97 Å². The molecule has 2 aromatic rings. The Morgan fingerprint density at radius 2 is 1.92 bits per heavy atom. The summed E-state index contributed by atoms with van der Waals surface area (Å²) in [7, 11) is 0. The van der Waals surface area contributed by atoms with E-state index >= 15 is 0 Å². The Morgan fingerprint density at radius 3 is 2.54 bits per heavy atom. The van der Waals surface area contributed by atoms with Crippen LogP contribution in [0.25, 0.3) is 11.6 Å². The first kappa shape index (κ1) is 18.2. The first-order valence-electron chi connectivity index (χ1n) is 8.72. The van der Waals surface area contributed by atoms with E-state index in [9.17, 15) is 9.18 Å². The van der Waals surface area contributed by atoms with Gasteiger partial charge in [0.2, 0.25) is 0 Å². The summed E-state index contributed by atoms with van der Waals surface area (Å²) < 4.78 is 19.5. The van der Waals surface area contributed by atoms with Crippen molar-refractivity contribution < 1.29 is 19.0 Å². The van der Waals surface area contributed by atoms with Crippen molar-refractivity contribution in [2.75, 3.05) is 0 Å². The molecule has 1 N–H and O–H groups in total. The van der Waals surface area contributed by atoms with Gasteiger partial charge in [0.25, 0.3) is 0 Å². The highest BCUT2D eigenvalue weighted by atomic mass is 19.1. The number of halogens is 1. The second-order valence-corrected chi connectivity index (χ2v) is 7.68. The van der Waals surface area contributed by atoms with Gasteiger partial charge in [0.15, 0.2) is 0 Å². The fourth-order valence-corrected chi connectivity index (χ4v) is 3.37. The summed E-state index contributed by atoms with van der Waals surface area (Å²) in [5.74, 6) is -0.579. The van der Waals surface area contributed by atoms with E-state index in [1.807, 2.05) is 51.1 Å². The molecule has 1 unspecified atom stereocenters. The van der Waals surface area contributed by atoms with E-state index in [4.69, 9.17) is 9.84 Å². The maximum absolute atomic E-state index is 13.6. The van der Waals surface area contributed by atoms with Gasteiger partial charge in [-0.25, -0.2) is 4.39 Å². The second kappa shape index (κ2) is 6.94. The van der Waals surface area contributed by atoms with Crippen molar-refractivity contribution >= 4 is 17.6 Å². The lowest BCUT2D eigenvalue weighted by Crippen LogP contribution is -2.22. The molecule has 3 rings (SSSR count). The summed E-state index contributed by atoms with van der Waals surface area (Å²) in [5, 5.41) is 9.14. The number of aliphatic carboxylic acids is 1. The van der Waals surface area contributed by atoms with Gasteiger partial charge in [-0.15, -0.1) is 0 Å². The Hall–Kier alpha value is -2.62. The van der Waals surface area contributed by atoms with Crippen molar-refractivity contribution in [2.45, 2.75) is 45.1 Å². The third-order valence-electron chi connectivity index (χ3n) is 4.33. The average Bonchev–Trinajstić information content (AvgIpc) is 2.84. The monoisotopic (exact) mass is 354 g/mol. The van der Waals surface area contributed by atoms with Gasteiger partial charge in [0, 0.05) is 0 Å². The third-order valence-corrected chi connectivity index (χ3v) is 4.33. The summed E-state index contributed by atoms with van der Waals surface area (Å²) in [6, 6.07) is 12.4. The molecular weight excluding hydrogens is 331 g/mol. The van der Waals surface area contributed by atoms with Crippen LogP contribution in [0.1, 0.15) is 56.2 Å². The Balaban J connectivity index is 1.88. The van der Waals surface area contributed by atoms with Crippen molar-refractivity contribution in [3.8, 4) is 5.75 Å². The van der Waals surface area contributed by atoms with Crippen LogP contribution < -0.4 is 4.74 Å². The predicted octanol–water partition coefficient (Wildman–Crippen LogP) is 5.51. The van der Waals surface area contributed by atoms with Gasteiger partial charge in [-0.1, -0.05) is 24.3 Å². The molecule has 3 nitrogen and oxygen atoms in total. The molecular formula is C22H23FO3. The van der Waals surface area contributed by atoms with Crippen molar-refractivity contribution in [2.24, 2.45) is 0 Å². The van der Waals surface area contributed by atoms with Crippen LogP contribution in [-0.4, -0.2) is 16.7 Å². The molecule has 1 aliphatic rings. The van der Waals surface area contributed by atoms with Crippen LogP contribution >= 0.6 is 0 Å². The number of ether oxygens (including phenoxy) is 1. The molecule has 0 aliphatic heterocycles. The summed E-state index contributed by atoms with van der Waals surface area (Å²) in [4.78, 5) is 11.1. The second-order valence-electron chi connectivity index (χ2n) is 7.68. The summed E-state index contributed by atoms with van der Waals surface area (Å²) in [6.45, 7) is 6.00. The highest BCUT2D eigenvalue weighted by molar-refractivity contribution is 5.87. The van der Waals surface area contributed by atoms with Crippen LogP contribution in [0, 0.1) is 5.82 Å². The van der Waals surface area contributed by atoms with Crippen LogP contribution in [0.3, 0.4) is 0 Å². The van der Waals surface area contributed by atoms with E-state index < -0.39 is 5.97 Å². The minimum atomic E-state index is -0.866. The fourth-order valence-electron chi connectivity index (χ4n) is 3.37. The highest BCUT2D eigenvalue weighted by Crippen LogP contribution is 2.44. The number of allylic oxidation sites excluding steroid dienone is 1. The normalized spacial score (nSPS) is 18.0. The first-order valence-corrected chi connectivity index (χ1v) is 8.72. The number of carbonyl (C=O) groups is 1. The van der Waals surface area contributed by atoms with Gasteiger partial charge < -0.3 is 9.84 Å². The van der Waals surface area contributed by atoms with Gasteiger partial charge in [-0.05, 0) is 79.6 Å². The quantitative estimate of drug-likeness (QED) is 0.788. The molecule has 4 heteroatoms. The number of hydrogen-bond acceptors (Lipinski definition) is 2. The zero-order chi connectivity index (χ0) is 18.9. The average molecular weight is 354 g/mol. The number of hydrogen-bond donors (Lipinski definition) is 1. The van der Waals surface area contributed by atoms with Gasteiger partial charge in [0.1, 0.15) is 17.2 Å². The summed E-state index contributed by atoms with van der Waals surface area (Å²) >= 11 is 0. The third kappa shape index (κ3) is 4.31. The fraction of sp³-hybridized carbons (Fsp3) is 0.318. The number of carboxylic acid groups (broad SMARTS) is 1. The van der Waals surface area contributed by atoms with Crippen LogP contribution in [0.15, 0.2) is 42.5 Å². The lowest BCUT2D eigenvalue weighted by atomic mass is 9.98. The first-order chi connectivity index (χ1) is 12.2. The number of fused-ring (bicyclic) bond motifs is 1. The van der Waals surface area contributed by atoms with E-state index in [0.717, 1.165) is 28.0 Å².